The van der Waals surface area contributed by atoms with E-state index in [-0.39, 0.29) is 12.0 Å². The number of esters is 1. The summed E-state index contributed by atoms with van der Waals surface area (Å²) in [5.74, 6) is -2.61. The van der Waals surface area contributed by atoms with E-state index in [0.29, 0.717) is 6.07 Å². The Bertz CT molecular complexity index is 440. The van der Waals surface area contributed by atoms with Crippen molar-refractivity contribution in [3.05, 3.63) is 35.1 Å². The largest absolute Gasteiger partial charge is 0.469 e. The van der Waals surface area contributed by atoms with Crippen LogP contribution in [0.2, 0.25) is 0 Å². The van der Waals surface area contributed by atoms with Gasteiger partial charge in [-0.25, -0.2) is 4.39 Å². The number of hydrogen-bond donors (Lipinski definition) is 0. The van der Waals surface area contributed by atoms with Crippen molar-refractivity contribution in [3.63, 3.8) is 0 Å². The molecule has 0 heterocycles. The summed E-state index contributed by atoms with van der Waals surface area (Å²) >= 11 is 0. The molecule has 0 aliphatic rings. The van der Waals surface area contributed by atoms with Crippen LogP contribution in [0.25, 0.3) is 0 Å². The number of halogens is 4. The predicted octanol–water partition coefficient (Wildman–Crippen LogP) is 3.51. The van der Waals surface area contributed by atoms with E-state index in [0.717, 1.165) is 13.2 Å². The summed E-state index contributed by atoms with van der Waals surface area (Å²) < 4.78 is 55.6. The Balaban J connectivity index is 3.07. The van der Waals surface area contributed by atoms with Crippen LogP contribution in [0, 0.1) is 5.82 Å². The van der Waals surface area contributed by atoms with E-state index in [1.54, 1.807) is 0 Å². The van der Waals surface area contributed by atoms with Crippen molar-refractivity contribution in [2.75, 3.05) is 7.11 Å². The highest BCUT2D eigenvalue weighted by Crippen LogP contribution is 2.34. The SMILES string of the molecule is COC(=O)CC(C)c1cccc(C(F)(F)F)c1F. The van der Waals surface area contributed by atoms with Crippen LogP contribution in [0.1, 0.15) is 30.4 Å². The van der Waals surface area contributed by atoms with Gasteiger partial charge in [0, 0.05) is 0 Å². The average molecular weight is 264 g/mol. The lowest BCUT2D eigenvalue weighted by molar-refractivity contribution is -0.141. The highest BCUT2D eigenvalue weighted by Gasteiger charge is 2.35. The van der Waals surface area contributed by atoms with Crippen molar-refractivity contribution >= 4 is 5.97 Å². The molecule has 2 nitrogen and oxygen atoms in total. The average Bonchev–Trinajstić information content (AvgIpc) is 2.27. The van der Waals surface area contributed by atoms with Gasteiger partial charge in [-0.3, -0.25) is 4.79 Å². The minimum atomic E-state index is -4.74. The van der Waals surface area contributed by atoms with Gasteiger partial charge in [0.15, 0.2) is 0 Å². The van der Waals surface area contributed by atoms with Crippen LogP contribution in [-0.4, -0.2) is 13.1 Å². The van der Waals surface area contributed by atoms with Gasteiger partial charge in [0.25, 0.3) is 0 Å². The van der Waals surface area contributed by atoms with Gasteiger partial charge in [0.2, 0.25) is 0 Å². The molecule has 1 rings (SSSR count). The zero-order valence-electron chi connectivity index (χ0n) is 9.84. The van der Waals surface area contributed by atoms with Crippen molar-refractivity contribution in [1.82, 2.24) is 0 Å². The van der Waals surface area contributed by atoms with Crippen molar-refractivity contribution in [3.8, 4) is 0 Å². The van der Waals surface area contributed by atoms with Crippen LogP contribution in [0.4, 0.5) is 17.6 Å². The Kier molecular flexibility index (Phi) is 4.32. The lowest BCUT2D eigenvalue weighted by atomic mass is 9.95. The molecule has 0 spiro atoms. The third kappa shape index (κ3) is 3.21. The molecule has 0 bridgehead atoms. The van der Waals surface area contributed by atoms with E-state index < -0.39 is 29.4 Å². The molecule has 0 amide bonds. The molecule has 0 radical (unpaired) electrons. The van der Waals surface area contributed by atoms with Gasteiger partial charge in [0.1, 0.15) is 5.82 Å². The fourth-order valence-corrected chi connectivity index (χ4v) is 1.59. The first-order valence-corrected chi connectivity index (χ1v) is 5.19. The van der Waals surface area contributed by atoms with E-state index in [1.165, 1.54) is 13.0 Å². The van der Waals surface area contributed by atoms with Gasteiger partial charge in [-0.1, -0.05) is 19.1 Å². The monoisotopic (exact) mass is 264 g/mol. The van der Waals surface area contributed by atoms with Crippen molar-refractivity contribution < 1.29 is 27.1 Å². The van der Waals surface area contributed by atoms with Crippen LogP contribution in [0.5, 0.6) is 0 Å². The molecule has 0 aliphatic carbocycles. The molecule has 0 N–H and O–H groups in total. The summed E-state index contributed by atoms with van der Waals surface area (Å²) in [6.45, 7) is 1.47. The Labute approximate surface area is 102 Å². The number of methoxy groups -OCH3 is 1. The minimum Gasteiger partial charge on any atom is -0.469 e. The highest BCUT2D eigenvalue weighted by atomic mass is 19.4. The number of carbonyl (C=O) groups excluding carboxylic acids is 1. The maximum Gasteiger partial charge on any atom is 0.419 e. The Morgan fingerprint density at radius 2 is 2.00 bits per heavy atom. The van der Waals surface area contributed by atoms with Gasteiger partial charge in [-0.05, 0) is 17.5 Å². The summed E-state index contributed by atoms with van der Waals surface area (Å²) in [5, 5.41) is 0. The van der Waals surface area contributed by atoms with Crippen LogP contribution >= 0.6 is 0 Å². The number of hydrogen-bond acceptors (Lipinski definition) is 2. The third-order valence-electron chi connectivity index (χ3n) is 2.57. The maximum absolute atomic E-state index is 13.7. The smallest absolute Gasteiger partial charge is 0.419 e. The lowest BCUT2D eigenvalue weighted by Crippen LogP contribution is -2.13. The fourth-order valence-electron chi connectivity index (χ4n) is 1.59. The summed E-state index contributed by atoms with van der Waals surface area (Å²) in [6.07, 6.45) is -4.92. The maximum atomic E-state index is 13.7. The topological polar surface area (TPSA) is 26.3 Å². The quantitative estimate of drug-likeness (QED) is 0.617. The highest BCUT2D eigenvalue weighted by molar-refractivity contribution is 5.70. The number of carbonyl (C=O) groups is 1. The third-order valence-corrected chi connectivity index (χ3v) is 2.57. The lowest BCUT2D eigenvalue weighted by Gasteiger charge is -2.15. The molecule has 6 heteroatoms. The first kappa shape index (κ1) is 14.5. The second-order valence-electron chi connectivity index (χ2n) is 3.89. The molecule has 18 heavy (non-hydrogen) atoms. The molecule has 1 aromatic carbocycles. The molecule has 0 saturated carbocycles. The first-order chi connectivity index (χ1) is 8.27. The van der Waals surface area contributed by atoms with Gasteiger partial charge in [-0.15, -0.1) is 0 Å². The van der Waals surface area contributed by atoms with E-state index in [9.17, 15) is 22.4 Å². The van der Waals surface area contributed by atoms with Gasteiger partial charge in [-0.2, -0.15) is 13.2 Å². The van der Waals surface area contributed by atoms with Crippen molar-refractivity contribution in [2.45, 2.75) is 25.4 Å². The molecule has 1 unspecified atom stereocenters. The Morgan fingerprint density at radius 1 is 1.39 bits per heavy atom. The Hall–Kier alpha value is -1.59. The van der Waals surface area contributed by atoms with Crippen LogP contribution in [0.3, 0.4) is 0 Å². The summed E-state index contributed by atoms with van der Waals surface area (Å²) in [4.78, 5) is 11.0. The van der Waals surface area contributed by atoms with Crippen molar-refractivity contribution in [2.24, 2.45) is 0 Å². The summed E-state index contributed by atoms with van der Waals surface area (Å²) in [7, 11) is 1.16. The second-order valence-corrected chi connectivity index (χ2v) is 3.89. The van der Waals surface area contributed by atoms with Crippen molar-refractivity contribution in [1.29, 1.82) is 0 Å². The van der Waals surface area contributed by atoms with Gasteiger partial charge in [0.05, 0.1) is 19.1 Å². The summed E-state index contributed by atoms with van der Waals surface area (Å²) in [5.41, 5.74) is -1.47. The minimum absolute atomic E-state index is 0.143. The van der Waals surface area contributed by atoms with E-state index in [4.69, 9.17) is 0 Å². The molecule has 100 valence electrons. The predicted molar refractivity (Wildman–Crippen MR) is 56.5 cm³/mol. The molecule has 0 aromatic heterocycles. The number of benzene rings is 1. The molecule has 0 fully saturated rings. The van der Waals surface area contributed by atoms with Crippen LogP contribution in [0.15, 0.2) is 18.2 Å². The zero-order chi connectivity index (χ0) is 13.9. The molecular formula is C12H12F4O2. The standard InChI is InChI=1S/C12H12F4O2/c1-7(6-10(17)18-2)8-4-3-5-9(11(8)13)12(14,15)16/h3-5,7H,6H2,1-2H3. The molecule has 1 aromatic rings. The fraction of sp³-hybridized carbons (Fsp3) is 0.417. The molecule has 1 atom stereocenters. The normalized spacial score (nSPS) is 13.2. The van der Waals surface area contributed by atoms with Gasteiger partial charge >= 0.3 is 12.1 Å². The molecule has 0 saturated heterocycles. The first-order valence-electron chi connectivity index (χ1n) is 5.19. The van der Waals surface area contributed by atoms with E-state index in [1.807, 2.05) is 0 Å². The number of ether oxygens (including phenoxy) is 1. The van der Waals surface area contributed by atoms with E-state index >= 15 is 0 Å². The molecule has 0 aliphatic heterocycles. The van der Waals surface area contributed by atoms with Crippen LogP contribution < -0.4 is 0 Å². The molecular weight excluding hydrogens is 252 g/mol. The summed E-state index contributed by atoms with van der Waals surface area (Å²) in [6, 6.07) is 3.02. The second kappa shape index (κ2) is 5.37. The van der Waals surface area contributed by atoms with Crippen LogP contribution in [-0.2, 0) is 15.7 Å². The van der Waals surface area contributed by atoms with E-state index in [2.05, 4.69) is 4.74 Å². The zero-order valence-corrected chi connectivity index (χ0v) is 9.84. The Morgan fingerprint density at radius 3 is 2.50 bits per heavy atom. The number of rotatable bonds is 3. The number of alkyl halides is 3. The van der Waals surface area contributed by atoms with Gasteiger partial charge < -0.3 is 4.74 Å².